The van der Waals surface area contributed by atoms with Crippen LogP contribution in [-0.4, -0.2) is 47.5 Å². The highest BCUT2D eigenvalue weighted by Gasteiger charge is 2.20. The maximum atomic E-state index is 12.0. The summed E-state index contributed by atoms with van der Waals surface area (Å²) in [5, 5.41) is 16.3. The van der Waals surface area contributed by atoms with Crippen LogP contribution in [0.25, 0.3) is 21.8 Å². The molecule has 0 aliphatic carbocycles. The highest BCUT2D eigenvalue weighted by Crippen LogP contribution is 2.33. The molecule has 0 aliphatic rings. The lowest BCUT2D eigenvalue weighted by Gasteiger charge is -2.28. The number of nitrogens with one attached hydrogen (secondary N) is 2. The lowest BCUT2D eigenvalue weighted by Crippen LogP contribution is -2.46. The summed E-state index contributed by atoms with van der Waals surface area (Å²) >= 11 is 2.16. The second-order valence-electron chi connectivity index (χ2n) is 10.9. The van der Waals surface area contributed by atoms with Crippen LogP contribution in [0.1, 0.15) is 36.7 Å². The SMILES string of the molecule is CCOC(=O)c1ccc(Oc2ccc(CC(C)(C)NCC(O)COc3cccc4[nH]c5ccccc5c34)cc2)c(I)c1. The van der Waals surface area contributed by atoms with Crippen molar-refractivity contribution in [2.45, 2.75) is 38.8 Å². The zero-order chi connectivity index (χ0) is 29.7. The molecule has 42 heavy (non-hydrogen) atoms. The van der Waals surface area contributed by atoms with Gasteiger partial charge in [-0.1, -0.05) is 36.4 Å². The summed E-state index contributed by atoms with van der Waals surface area (Å²) in [6, 6.07) is 27.3. The minimum Gasteiger partial charge on any atom is -0.490 e. The van der Waals surface area contributed by atoms with Crippen molar-refractivity contribution in [1.29, 1.82) is 0 Å². The van der Waals surface area contributed by atoms with Gasteiger partial charge in [0, 0.05) is 28.4 Å². The first-order chi connectivity index (χ1) is 20.2. The molecule has 0 bridgehead atoms. The number of esters is 1. The number of aliphatic hydroxyl groups is 1. The largest absolute Gasteiger partial charge is 0.490 e. The van der Waals surface area contributed by atoms with Gasteiger partial charge in [-0.05, 0) is 104 Å². The molecule has 1 atom stereocenters. The Balaban J connectivity index is 1.13. The molecule has 1 unspecified atom stereocenters. The molecular formula is C34H35IN2O5. The number of benzene rings is 4. The third kappa shape index (κ3) is 7.24. The van der Waals surface area contributed by atoms with Crippen molar-refractivity contribution < 1.29 is 24.1 Å². The Morgan fingerprint density at radius 3 is 2.50 bits per heavy atom. The predicted octanol–water partition coefficient (Wildman–Crippen LogP) is 7.25. The van der Waals surface area contributed by atoms with E-state index in [4.69, 9.17) is 14.2 Å². The number of halogens is 1. The average molecular weight is 679 g/mol. The van der Waals surface area contributed by atoms with E-state index in [0.29, 0.717) is 30.2 Å². The van der Waals surface area contributed by atoms with E-state index in [0.717, 1.165) is 43.1 Å². The normalized spacial score (nSPS) is 12.4. The first-order valence-electron chi connectivity index (χ1n) is 14.0. The van der Waals surface area contributed by atoms with Crippen molar-refractivity contribution in [3.63, 3.8) is 0 Å². The van der Waals surface area contributed by atoms with Gasteiger partial charge in [0.2, 0.25) is 0 Å². The van der Waals surface area contributed by atoms with Gasteiger partial charge in [-0.15, -0.1) is 0 Å². The molecule has 0 saturated carbocycles. The molecule has 0 fully saturated rings. The predicted molar refractivity (Wildman–Crippen MR) is 175 cm³/mol. The maximum absolute atomic E-state index is 12.0. The summed E-state index contributed by atoms with van der Waals surface area (Å²) in [5.41, 5.74) is 3.47. The van der Waals surface area contributed by atoms with Crippen LogP contribution >= 0.6 is 22.6 Å². The van der Waals surface area contributed by atoms with Crippen molar-refractivity contribution >= 4 is 50.4 Å². The lowest BCUT2D eigenvalue weighted by molar-refractivity contribution is 0.0526. The van der Waals surface area contributed by atoms with E-state index in [1.807, 2.05) is 60.7 Å². The summed E-state index contributed by atoms with van der Waals surface area (Å²) in [5.74, 6) is 1.81. The summed E-state index contributed by atoms with van der Waals surface area (Å²) in [6.45, 7) is 6.95. The molecular weight excluding hydrogens is 643 g/mol. The zero-order valence-electron chi connectivity index (χ0n) is 23.9. The monoisotopic (exact) mass is 678 g/mol. The average Bonchev–Trinajstić information content (AvgIpc) is 3.36. The van der Waals surface area contributed by atoms with Crippen LogP contribution in [0.15, 0.2) is 84.9 Å². The number of para-hydroxylation sites is 1. The molecule has 3 N–H and O–H groups in total. The molecule has 1 aromatic heterocycles. The van der Waals surface area contributed by atoms with Crippen molar-refractivity contribution in [2.75, 3.05) is 19.8 Å². The van der Waals surface area contributed by atoms with Crippen LogP contribution in [0.4, 0.5) is 0 Å². The number of aliphatic hydroxyl groups excluding tert-OH is 1. The number of ether oxygens (including phenoxy) is 3. The van der Waals surface area contributed by atoms with Gasteiger partial charge in [0.15, 0.2) is 0 Å². The van der Waals surface area contributed by atoms with Crippen molar-refractivity contribution in [3.8, 4) is 17.2 Å². The fraction of sp³-hybridized carbons (Fsp3) is 0.265. The lowest BCUT2D eigenvalue weighted by atomic mass is 9.94. The van der Waals surface area contributed by atoms with Crippen molar-refractivity contribution in [1.82, 2.24) is 10.3 Å². The first kappa shape index (κ1) is 29.9. The molecule has 0 aliphatic heterocycles. The third-order valence-electron chi connectivity index (χ3n) is 6.98. The van der Waals surface area contributed by atoms with Gasteiger partial charge in [0.1, 0.15) is 30.0 Å². The molecule has 0 saturated heterocycles. The number of carbonyl (C=O) groups excluding carboxylic acids is 1. The summed E-state index contributed by atoms with van der Waals surface area (Å²) in [7, 11) is 0. The number of H-pyrrole nitrogens is 1. The number of β-amino-alcohol motifs (C(OH)–C–C–N with tert-alkyl or cyclic N) is 1. The van der Waals surface area contributed by atoms with Gasteiger partial charge >= 0.3 is 5.97 Å². The van der Waals surface area contributed by atoms with E-state index >= 15 is 0 Å². The van der Waals surface area contributed by atoms with Crippen LogP contribution in [-0.2, 0) is 11.2 Å². The number of rotatable bonds is 12. The van der Waals surface area contributed by atoms with E-state index < -0.39 is 6.10 Å². The number of fused-ring (bicyclic) bond motifs is 3. The minimum atomic E-state index is -0.668. The van der Waals surface area contributed by atoms with Crippen LogP contribution in [0.3, 0.4) is 0 Å². The molecule has 4 aromatic carbocycles. The summed E-state index contributed by atoms with van der Waals surface area (Å²) in [4.78, 5) is 15.4. The Hall–Kier alpha value is -3.60. The third-order valence-corrected chi connectivity index (χ3v) is 7.82. The van der Waals surface area contributed by atoms with Gasteiger partial charge in [-0.25, -0.2) is 4.79 Å². The number of aromatic nitrogens is 1. The Morgan fingerprint density at radius 1 is 0.976 bits per heavy atom. The van der Waals surface area contributed by atoms with E-state index in [1.165, 1.54) is 0 Å². The highest BCUT2D eigenvalue weighted by atomic mass is 127. The van der Waals surface area contributed by atoms with Gasteiger partial charge in [-0.2, -0.15) is 0 Å². The minimum absolute atomic E-state index is 0.188. The number of carbonyl (C=O) groups is 1. The highest BCUT2D eigenvalue weighted by molar-refractivity contribution is 14.1. The summed E-state index contributed by atoms with van der Waals surface area (Å²) < 4.78 is 18.0. The Morgan fingerprint density at radius 2 is 1.74 bits per heavy atom. The maximum Gasteiger partial charge on any atom is 0.338 e. The number of hydrogen-bond acceptors (Lipinski definition) is 6. The molecule has 1 heterocycles. The van der Waals surface area contributed by atoms with Gasteiger partial charge in [0.05, 0.1) is 21.3 Å². The molecule has 5 rings (SSSR count). The Kier molecular flexibility index (Phi) is 9.35. The number of hydrogen-bond donors (Lipinski definition) is 3. The van der Waals surface area contributed by atoms with Crippen molar-refractivity contribution in [3.05, 3.63) is 99.6 Å². The van der Waals surface area contributed by atoms with E-state index in [-0.39, 0.29) is 18.1 Å². The molecule has 0 spiro atoms. The van der Waals surface area contributed by atoms with E-state index in [1.54, 1.807) is 25.1 Å². The Labute approximate surface area is 259 Å². The van der Waals surface area contributed by atoms with Gasteiger partial charge < -0.3 is 29.6 Å². The van der Waals surface area contributed by atoms with Crippen LogP contribution < -0.4 is 14.8 Å². The topological polar surface area (TPSA) is 92.8 Å². The first-order valence-corrected chi connectivity index (χ1v) is 15.1. The fourth-order valence-corrected chi connectivity index (χ4v) is 5.55. The van der Waals surface area contributed by atoms with Crippen LogP contribution in [0.2, 0.25) is 0 Å². The van der Waals surface area contributed by atoms with Crippen LogP contribution in [0.5, 0.6) is 17.2 Å². The Bertz CT molecular complexity index is 1680. The zero-order valence-corrected chi connectivity index (χ0v) is 26.1. The molecule has 7 nitrogen and oxygen atoms in total. The second kappa shape index (κ2) is 13.1. The van der Waals surface area contributed by atoms with E-state index in [2.05, 4.69) is 52.8 Å². The molecule has 5 aromatic rings. The standard InChI is InChI=1S/C34H35IN2O5/c1-4-40-33(39)23-14-17-30(27(35)18-23)42-25-15-12-22(13-16-25)19-34(2,3)36-20-24(38)21-41-31-11-7-10-29-32(31)26-8-5-6-9-28(26)37-29/h5-18,24,36-38H,4,19-21H2,1-3H3. The van der Waals surface area contributed by atoms with Gasteiger partial charge in [0.25, 0.3) is 0 Å². The van der Waals surface area contributed by atoms with Crippen molar-refractivity contribution in [2.24, 2.45) is 0 Å². The molecule has 0 amide bonds. The van der Waals surface area contributed by atoms with Gasteiger partial charge in [-0.3, -0.25) is 0 Å². The molecule has 8 heteroatoms. The fourth-order valence-electron chi connectivity index (χ4n) is 4.93. The summed E-state index contributed by atoms with van der Waals surface area (Å²) in [6.07, 6.45) is 0.0968. The number of aromatic amines is 1. The smallest absolute Gasteiger partial charge is 0.338 e. The van der Waals surface area contributed by atoms with E-state index in [9.17, 15) is 9.90 Å². The molecule has 218 valence electrons. The second-order valence-corrected chi connectivity index (χ2v) is 12.0. The quantitative estimate of drug-likeness (QED) is 0.0952. The molecule has 0 radical (unpaired) electrons. The van der Waals surface area contributed by atoms with Crippen LogP contribution in [0, 0.1) is 3.57 Å².